The second-order valence-corrected chi connectivity index (χ2v) is 7.79. The molecular weight excluding hydrogens is 451 g/mol. The molecule has 0 spiro atoms. The quantitative estimate of drug-likeness (QED) is 0.351. The molecule has 0 atom stereocenters. The van der Waals surface area contributed by atoms with Gasteiger partial charge in [0.2, 0.25) is 0 Å². The maximum Gasteiger partial charge on any atom is 0.191 e. The molecule has 2 rings (SSSR count). The maximum absolute atomic E-state index is 4.78. The van der Waals surface area contributed by atoms with Gasteiger partial charge >= 0.3 is 0 Å². The molecule has 2 N–H and O–H groups in total. The first-order valence-electron chi connectivity index (χ1n) is 9.82. The van der Waals surface area contributed by atoms with Gasteiger partial charge in [0.25, 0.3) is 0 Å². The van der Waals surface area contributed by atoms with Crippen molar-refractivity contribution in [1.82, 2.24) is 20.5 Å². The summed E-state index contributed by atoms with van der Waals surface area (Å²) >= 11 is 0. The number of hydrogen-bond donors (Lipinski definition) is 2. The summed E-state index contributed by atoms with van der Waals surface area (Å²) in [7, 11) is 4.03. The lowest BCUT2D eigenvalue weighted by Crippen LogP contribution is -2.54. The molecule has 27 heavy (non-hydrogen) atoms. The van der Waals surface area contributed by atoms with Gasteiger partial charge in [-0.15, -0.1) is 24.0 Å². The van der Waals surface area contributed by atoms with Gasteiger partial charge in [-0.2, -0.15) is 0 Å². The van der Waals surface area contributed by atoms with Gasteiger partial charge in [0.1, 0.15) is 5.82 Å². The molecule has 0 saturated carbocycles. The molecule has 1 aromatic rings. The normalized spacial score (nSPS) is 15.8. The number of anilines is 1. The van der Waals surface area contributed by atoms with E-state index in [1.54, 1.807) is 0 Å². The second kappa shape index (κ2) is 11.7. The number of nitrogens with one attached hydrogen (secondary N) is 2. The van der Waals surface area contributed by atoms with Crippen LogP contribution in [0.3, 0.4) is 0 Å². The molecule has 1 aromatic heterocycles. The summed E-state index contributed by atoms with van der Waals surface area (Å²) in [5, 5.41) is 6.90. The van der Waals surface area contributed by atoms with Crippen molar-refractivity contribution < 1.29 is 0 Å². The zero-order chi connectivity index (χ0) is 19.0. The second-order valence-electron chi connectivity index (χ2n) is 7.79. The number of halogens is 1. The van der Waals surface area contributed by atoms with Crippen LogP contribution >= 0.6 is 24.0 Å². The Balaban J connectivity index is 0.00000364. The Labute approximate surface area is 182 Å². The van der Waals surface area contributed by atoms with Gasteiger partial charge in [0.05, 0.1) is 6.54 Å². The van der Waals surface area contributed by atoms with Gasteiger partial charge in [0, 0.05) is 44.5 Å². The van der Waals surface area contributed by atoms with E-state index in [4.69, 9.17) is 4.99 Å². The molecule has 154 valence electrons. The topological polar surface area (TPSA) is 55.8 Å². The molecule has 1 fully saturated rings. The number of likely N-dealkylation sites (tertiary alicyclic amines) is 1. The van der Waals surface area contributed by atoms with E-state index in [0.29, 0.717) is 6.54 Å². The number of rotatable bonds is 7. The van der Waals surface area contributed by atoms with Crippen molar-refractivity contribution in [3.8, 4) is 0 Å². The molecule has 6 nitrogen and oxygen atoms in total. The van der Waals surface area contributed by atoms with Crippen molar-refractivity contribution in [1.29, 1.82) is 0 Å². The molecule has 0 bridgehead atoms. The van der Waals surface area contributed by atoms with Gasteiger partial charge in [-0.05, 0) is 52.8 Å². The first kappa shape index (κ1) is 23.9. The highest BCUT2D eigenvalue weighted by molar-refractivity contribution is 14.0. The largest absolute Gasteiger partial charge is 0.362 e. The number of hydrogen-bond acceptors (Lipinski definition) is 4. The summed E-state index contributed by atoms with van der Waals surface area (Å²) in [5.41, 5.74) is 1.25. The number of guanidine groups is 1. The summed E-state index contributed by atoms with van der Waals surface area (Å²) in [6, 6.07) is 4.06. The molecule has 1 aliphatic rings. The van der Waals surface area contributed by atoms with Crippen molar-refractivity contribution >= 4 is 35.8 Å². The third-order valence-electron chi connectivity index (χ3n) is 4.94. The predicted molar refractivity (Wildman–Crippen MR) is 126 cm³/mol. The van der Waals surface area contributed by atoms with E-state index in [1.165, 1.54) is 32.4 Å². The maximum atomic E-state index is 4.78. The van der Waals surface area contributed by atoms with Crippen molar-refractivity contribution in [2.75, 3.05) is 45.2 Å². The van der Waals surface area contributed by atoms with Crippen LogP contribution in [0.5, 0.6) is 0 Å². The third kappa shape index (κ3) is 7.44. The molecular formula is C20H37IN6. The van der Waals surface area contributed by atoms with E-state index in [0.717, 1.165) is 30.4 Å². The van der Waals surface area contributed by atoms with Crippen LogP contribution in [0.1, 0.15) is 45.6 Å². The van der Waals surface area contributed by atoms with Crippen LogP contribution in [-0.4, -0.2) is 61.7 Å². The van der Waals surface area contributed by atoms with E-state index in [-0.39, 0.29) is 29.5 Å². The molecule has 0 aromatic carbocycles. The van der Waals surface area contributed by atoms with Gasteiger partial charge in [-0.25, -0.2) is 9.98 Å². The Morgan fingerprint density at radius 1 is 1.22 bits per heavy atom. The van der Waals surface area contributed by atoms with Crippen molar-refractivity contribution in [2.24, 2.45) is 4.99 Å². The van der Waals surface area contributed by atoms with Gasteiger partial charge in [0.15, 0.2) is 5.96 Å². The van der Waals surface area contributed by atoms with Crippen LogP contribution in [0.25, 0.3) is 0 Å². The SMILES string of the molecule is CCNC(=NCc1cccnc1N(C)C)NCC(C)(C)N1CCCCC1.I. The smallest absolute Gasteiger partial charge is 0.191 e. The predicted octanol–water partition coefficient (Wildman–Crippen LogP) is 3.09. The third-order valence-corrected chi connectivity index (χ3v) is 4.94. The Bertz CT molecular complexity index is 582. The number of nitrogens with zero attached hydrogens (tertiary/aromatic N) is 4. The Hall–Kier alpha value is -1.09. The molecule has 0 aliphatic carbocycles. The molecule has 0 radical (unpaired) electrons. The molecule has 7 heteroatoms. The molecule has 1 saturated heterocycles. The van der Waals surface area contributed by atoms with Gasteiger partial charge in [-0.3, -0.25) is 4.90 Å². The van der Waals surface area contributed by atoms with Crippen molar-refractivity contribution in [3.63, 3.8) is 0 Å². The number of aromatic nitrogens is 1. The zero-order valence-electron chi connectivity index (χ0n) is 17.6. The molecule has 1 aliphatic heterocycles. The monoisotopic (exact) mass is 488 g/mol. The fraction of sp³-hybridized carbons (Fsp3) is 0.700. The van der Waals surface area contributed by atoms with Crippen LogP contribution in [0.15, 0.2) is 23.3 Å². The summed E-state index contributed by atoms with van der Waals surface area (Å²) < 4.78 is 0. The fourth-order valence-electron chi connectivity index (χ4n) is 3.37. The lowest BCUT2D eigenvalue weighted by molar-refractivity contribution is 0.0982. The minimum absolute atomic E-state index is 0. The highest BCUT2D eigenvalue weighted by atomic mass is 127. The summed E-state index contributed by atoms with van der Waals surface area (Å²) in [5.74, 6) is 1.84. The van der Waals surface area contributed by atoms with Crippen molar-refractivity contribution in [3.05, 3.63) is 23.9 Å². The van der Waals surface area contributed by atoms with Crippen LogP contribution in [0, 0.1) is 0 Å². The highest BCUT2D eigenvalue weighted by Gasteiger charge is 2.27. The summed E-state index contributed by atoms with van der Waals surface area (Å²) in [6.45, 7) is 11.5. The van der Waals surface area contributed by atoms with Gasteiger partial charge in [-0.1, -0.05) is 12.5 Å². The Morgan fingerprint density at radius 2 is 1.93 bits per heavy atom. The van der Waals surface area contributed by atoms with E-state index in [9.17, 15) is 0 Å². The summed E-state index contributed by atoms with van der Waals surface area (Å²) in [4.78, 5) is 13.9. The lowest BCUT2D eigenvalue weighted by atomic mass is 9.98. The zero-order valence-corrected chi connectivity index (χ0v) is 19.9. The molecule has 0 unspecified atom stereocenters. The van der Waals surface area contributed by atoms with E-state index < -0.39 is 0 Å². The number of aliphatic imine (C=N–C) groups is 1. The average molecular weight is 488 g/mol. The lowest BCUT2D eigenvalue weighted by Gasteiger charge is -2.41. The molecule has 0 amide bonds. The van der Waals surface area contributed by atoms with Gasteiger partial charge < -0.3 is 15.5 Å². The highest BCUT2D eigenvalue weighted by Crippen LogP contribution is 2.20. The van der Waals surface area contributed by atoms with Crippen LogP contribution < -0.4 is 15.5 Å². The first-order valence-corrected chi connectivity index (χ1v) is 9.82. The fourth-order valence-corrected chi connectivity index (χ4v) is 3.37. The Kier molecular flexibility index (Phi) is 10.4. The number of piperidine rings is 1. The number of pyridine rings is 1. The standard InChI is InChI=1S/C20H36N6.HI/c1-6-21-19(23-15-17-11-10-12-22-18(17)25(4)5)24-16-20(2,3)26-13-8-7-9-14-26;/h10-12H,6-9,13-16H2,1-5H3,(H2,21,23,24);1H. The minimum Gasteiger partial charge on any atom is -0.362 e. The first-order chi connectivity index (χ1) is 12.4. The van der Waals surface area contributed by atoms with Crippen LogP contribution in [-0.2, 0) is 6.54 Å². The van der Waals surface area contributed by atoms with Crippen LogP contribution in [0.4, 0.5) is 5.82 Å². The van der Waals surface area contributed by atoms with E-state index >= 15 is 0 Å². The molecule has 2 heterocycles. The Morgan fingerprint density at radius 3 is 2.56 bits per heavy atom. The van der Waals surface area contributed by atoms with E-state index in [2.05, 4.69) is 47.4 Å². The van der Waals surface area contributed by atoms with E-state index in [1.807, 2.05) is 31.3 Å². The minimum atomic E-state index is 0. The summed E-state index contributed by atoms with van der Waals surface area (Å²) in [6.07, 6.45) is 5.81. The average Bonchev–Trinajstić information content (AvgIpc) is 2.65. The van der Waals surface area contributed by atoms with Crippen molar-refractivity contribution in [2.45, 2.75) is 52.1 Å². The van der Waals surface area contributed by atoms with Crippen LogP contribution in [0.2, 0.25) is 0 Å².